The minimum Gasteiger partial charge on any atom is -0.389 e. The molecule has 0 radical (unpaired) electrons. The van der Waals surface area contributed by atoms with Crippen molar-refractivity contribution in [3.63, 3.8) is 0 Å². The summed E-state index contributed by atoms with van der Waals surface area (Å²) < 4.78 is 2.17. The fourth-order valence-corrected chi connectivity index (χ4v) is 2.10. The van der Waals surface area contributed by atoms with Crippen molar-refractivity contribution in [2.75, 3.05) is 20.1 Å². The van der Waals surface area contributed by atoms with Crippen LogP contribution in [0.1, 0.15) is 18.6 Å². The second-order valence-electron chi connectivity index (χ2n) is 5.50. The lowest BCUT2D eigenvalue weighted by Crippen LogP contribution is -2.41. The van der Waals surface area contributed by atoms with Gasteiger partial charge in [-0.1, -0.05) is 6.07 Å². The molecule has 108 valence electrons. The summed E-state index contributed by atoms with van der Waals surface area (Å²) in [5.74, 6) is -0.426. The number of pyridine rings is 1. The molecule has 7 nitrogen and oxygen atoms in total. The van der Waals surface area contributed by atoms with Gasteiger partial charge in [-0.05, 0) is 33.0 Å². The molecular formula is C13H18N4O3. The molecule has 1 N–H and O–H groups in total. The molecular weight excluding hydrogens is 260 g/mol. The number of aromatic nitrogens is 3. The van der Waals surface area contributed by atoms with E-state index in [0.29, 0.717) is 12.2 Å². The molecule has 2 aromatic heterocycles. The van der Waals surface area contributed by atoms with Gasteiger partial charge in [0.1, 0.15) is 0 Å². The van der Waals surface area contributed by atoms with Gasteiger partial charge in [-0.15, -0.1) is 9.78 Å². The first-order valence-electron chi connectivity index (χ1n) is 6.28. The summed E-state index contributed by atoms with van der Waals surface area (Å²) in [5.41, 5.74) is -0.961. The molecule has 0 saturated carbocycles. The fourth-order valence-electron chi connectivity index (χ4n) is 2.10. The van der Waals surface area contributed by atoms with Crippen molar-refractivity contribution in [3.05, 3.63) is 34.9 Å². The second-order valence-corrected chi connectivity index (χ2v) is 5.50. The number of rotatable bonds is 4. The molecule has 0 amide bonds. The highest BCUT2D eigenvalue weighted by molar-refractivity contribution is 5.80. The van der Waals surface area contributed by atoms with Gasteiger partial charge in [-0.25, -0.2) is 9.20 Å². The molecule has 7 heteroatoms. The van der Waals surface area contributed by atoms with Crippen molar-refractivity contribution in [1.29, 1.82) is 0 Å². The largest absolute Gasteiger partial charge is 0.389 e. The van der Waals surface area contributed by atoms with Crippen LogP contribution in [0.2, 0.25) is 0 Å². The molecule has 0 bridgehead atoms. The van der Waals surface area contributed by atoms with Gasteiger partial charge in [0.25, 0.3) is 5.91 Å². The maximum atomic E-state index is 12.1. The maximum absolute atomic E-state index is 12.1. The van der Waals surface area contributed by atoms with Crippen molar-refractivity contribution >= 4 is 11.6 Å². The highest BCUT2D eigenvalue weighted by atomic mass is 16.3. The molecule has 2 aromatic rings. The molecule has 0 fully saturated rings. The van der Waals surface area contributed by atoms with Crippen molar-refractivity contribution in [1.82, 2.24) is 19.1 Å². The number of likely N-dealkylation sites (N-methyl/N-ethyl adjacent to an activating group) is 1. The highest BCUT2D eigenvalue weighted by Crippen LogP contribution is 2.03. The number of carbonyl (C=O) groups excluding carboxylic acids is 1. The normalized spacial score (nSPS) is 12.2. The van der Waals surface area contributed by atoms with E-state index in [1.807, 2.05) is 0 Å². The van der Waals surface area contributed by atoms with E-state index >= 15 is 0 Å². The van der Waals surface area contributed by atoms with Crippen LogP contribution in [0.15, 0.2) is 29.2 Å². The Balaban J connectivity index is 2.20. The summed E-state index contributed by atoms with van der Waals surface area (Å²) in [6.07, 6.45) is 1.56. The molecule has 0 aliphatic carbocycles. The molecule has 0 spiro atoms. The molecule has 20 heavy (non-hydrogen) atoms. The quantitative estimate of drug-likeness (QED) is 0.840. The van der Waals surface area contributed by atoms with Gasteiger partial charge < -0.3 is 5.11 Å². The Morgan fingerprint density at radius 1 is 1.45 bits per heavy atom. The van der Waals surface area contributed by atoms with Gasteiger partial charge in [-0.3, -0.25) is 9.69 Å². The zero-order valence-electron chi connectivity index (χ0n) is 11.8. The highest BCUT2D eigenvalue weighted by Gasteiger charge is 2.20. The van der Waals surface area contributed by atoms with E-state index in [1.54, 1.807) is 50.2 Å². The number of nitrogens with zero attached hydrogens (tertiary/aromatic N) is 4. The Morgan fingerprint density at radius 3 is 2.75 bits per heavy atom. The monoisotopic (exact) mass is 278 g/mol. The molecule has 2 rings (SSSR count). The SMILES string of the molecule is CN(CC(=O)n1nc2ccccn2c1=O)CC(C)(C)O. The van der Waals surface area contributed by atoms with Crippen LogP contribution in [0.4, 0.5) is 0 Å². The maximum Gasteiger partial charge on any atom is 0.357 e. The Labute approximate surface area is 116 Å². The van der Waals surface area contributed by atoms with Crippen LogP contribution in [0.25, 0.3) is 5.65 Å². The van der Waals surface area contributed by atoms with Gasteiger partial charge >= 0.3 is 5.69 Å². The second kappa shape index (κ2) is 5.18. The van der Waals surface area contributed by atoms with Gasteiger partial charge in [0.2, 0.25) is 0 Å². The minimum absolute atomic E-state index is 0.00772. The molecule has 0 saturated heterocycles. The van der Waals surface area contributed by atoms with Crippen LogP contribution in [-0.4, -0.2) is 55.8 Å². The third-order valence-electron chi connectivity index (χ3n) is 2.73. The van der Waals surface area contributed by atoms with Gasteiger partial charge in [0, 0.05) is 12.7 Å². The minimum atomic E-state index is -0.904. The van der Waals surface area contributed by atoms with Crippen molar-refractivity contribution in [2.45, 2.75) is 19.4 Å². The smallest absolute Gasteiger partial charge is 0.357 e. The average molecular weight is 278 g/mol. The predicted molar refractivity (Wildman–Crippen MR) is 73.9 cm³/mol. The number of aliphatic hydroxyl groups is 1. The molecule has 0 aliphatic rings. The average Bonchev–Trinajstić information content (AvgIpc) is 2.65. The van der Waals surface area contributed by atoms with E-state index in [9.17, 15) is 14.7 Å². The van der Waals surface area contributed by atoms with Crippen molar-refractivity contribution in [3.8, 4) is 0 Å². The Bertz CT molecular complexity index is 681. The first kappa shape index (κ1) is 14.4. The third-order valence-corrected chi connectivity index (χ3v) is 2.73. The molecule has 0 atom stereocenters. The third kappa shape index (κ3) is 3.12. The van der Waals surface area contributed by atoms with E-state index in [1.165, 1.54) is 4.40 Å². The lowest BCUT2D eigenvalue weighted by atomic mass is 10.1. The summed E-state index contributed by atoms with van der Waals surface area (Å²) in [5, 5.41) is 13.7. The number of carbonyl (C=O) groups is 1. The van der Waals surface area contributed by atoms with E-state index in [4.69, 9.17) is 0 Å². The van der Waals surface area contributed by atoms with E-state index in [0.717, 1.165) is 4.68 Å². The number of hydrogen-bond donors (Lipinski definition) is 1. The standard InChI is InChI=1S/C13H18N4O3/c1-13(2,20)9-15(3)8-11(18)17-12(19)16-7-5-4-6-10(16)14-17/h4-7,20H,8-9H2,1-3H3. The summed E-state index contributed by atoms with van der Waals surface area (Å²) in [6.45, 7) is 3.64. The lowest BCUT2D eigenvalue weighted by molar-refractivity contribution is 0.0419. The lowest BCUT2D eigenvalue weighted by Gasteiger charge is -2.24. The van der Waals surface area contributed by atoms with Crippen LogP contribution in [0, 0.1) is 0 Å². The van der Waals surface area contributed by atoms with E-state index in [2.05, 4.69) is 5.10 Å². The summed E-state index contributed by atoms with van der Waals surface area (Å²) >= 11 is 0. The molecule has 0 unspecified atom stereocenters. The Kier molecular flexibility index (Phi) is 3.74. The molecule has 0 aliphatic heterocycles. The predicted octanol–water partition coefficient (Wildman–Crippen LogP) is -0.161. The zero-order valence-corrected chi connectivity index (χ0v) is 11.8. The van der Waals surface area contributed by atoms with Crippen LogP contribution < -0.4 is 5.69 Å². The number of hydrogen-bond acceptors (Lipinski definition) is 5. The molecule has 2 heterocycles. The van der Waals surface area contributed by atoms with E-state index < -0.39 is 17.2 Å². The van der Waals surface area contributed by atoms with Crippen LogP contribution in [0.5, 0.6) is 0 Å². The first-order chi connectivity index (χ1) is 9.28. The Hall–Kier alpha value is -1.99. The van der Waals surface area contributed by atoms with Gasteiger partial charge in [0.15, 0.2) is 5.65 Å². The van der Waals surface area contributed by atoms with Gasteiger partial charge in [-0.2, -0.15) is 0 Å². The summed E-state index contributed by atoms with van der Waals surface area (Å²) in [6, 6.07) is 5.11. The van der Waals surface area contributed by atoms with Crippen molar-refractivity contribution < 1.29 is 9.90 Å². The van der Waals surface area contributed by atoms with Crippen LogP contribution in [0.3, 0.4) is 0 Å². The van der Waals surface area contributed by atoms with Crippen LogP contribution in [-0.2, 0) is 0 Å². The topological polar surface area (TPSA) is 79.8 Å². The van der Waals surface area contributed by atoms with E-state index in [-0.39, 0.29) is 6.54 Å². The van der Waals surface area contributed by atoms with Gasteiger partial charge in [0.05, 0.1) is 12.1 Å². The zero-order chi connectivity index (χ0) is 14.9. The first-order valence-corrected chi connectivity index (χ1v) is 6.28. The van der Waals surface area contributed by atoms with Crippen LogP contribution >= 0.6 is 0 Å². The Morgan fingerprint density at radius 2 is 2.15 bits per heavy atom. The summed E-state index contributed by atoms with van der Waals surface area (Å²) in [7, 11) is 1.71. The molecule has 0 aromatic carbocycles. The van der Waals surface area contributed by atoms with Crippen molar-refractivity contribution in [2.24, 2.45) is 0 Å². The fraction of sp³-hybridized carbons (Fsp3) is 0.462. The summed E-state index contributed by atoms with van der Waals surface area (Å²) in [4.78, 5) is 25.8. The number of fused-ring (bicyclic) bond motifs is 1.